The molecule has 0 bridgehead atoms. The van der Waals surface area contributed by atoms with Crippen LogP contribution in [0.15, 0.2) is 71.6 Å². The van der Waals surface area contributed by atoms with E-state index in [1.807, 2.05) is 36.4 Å². The molecule has 6 heteroatoms. The van der Waals surface area contributed by atoms with Gasteiger partial charge in [-0.15, -0.1) is 11.8 Å². The maximum atomic E-state index is 13.6. The Morgan fingerprint density at radius 1 is 0.962 bits per heavy atom. The normalized spacial score (nSPS) is 10.6. The van der Waals surface area contributed by atoms with Crippen LogP contribution in [-0.2, 0) is 5.75 Å². The molecule has 0 saturated carbocycles. The number of nitrogens with one attached hydrogen (secondary N) is 1. The fraction of sp³-hybridized carbons (Fsp3) is 0.0500. The molecule has 132 valence electrons. The molecule has 0 aliphatic carbocycles. The minimum Gasteiger partial charge on any atom is -0.322 e. The topological polar surface area (TPSA) is 29.1 Å². The van der Waals surface area contributed by atoms with Gasteiger partial charge in [-0.3, -0.25) is 4.79 Å². The first-order valence-electron chi connectivity index (χ1n) is 7.75. The largest absolute Gasteiger partial charge is 0.322 e. The number of anilines is 1. The highest BCUT2D eigenvalue weighted by Crippen LogP contribution is 2.25. The van der Waals surface area contributed by atoms with Gasteiger partial charge in [0.1, 0.15) is 11.6 Å². The maximum absolute atomic E-state index is 13.6. The molecule has 0 heterocycles. The van der Waals surface area contributed by atoms with Crippen LogP contribution >= 0.6 is 23.4 Å². The molecule has 0 fully saturated rings. The maximum Gasteiger partial charge on any atom is 0.258 e. The Labute approximate surface area is 159 Å². The van der Waals surface area contributed by atoms with Crippen LogP contribution in [0.3, 0.4) is 0 Å². The first-order valence-corrected chi connectivity index (χ1v) is 9.11. The van der Waals surface area contributed by atoms with E-state index >= 15 is 0 Å². The molecule has 3 aromatic carbocycles. The Balaban J connectivity index is 1.60. The predicted molar refractivity (Wildman–Crippen MR) is 102 cm³/mol. The zero-order valence-electron chi connectivity index (χ0n) is 13.5. The van der Waals surface area contributed by atoms with E-state index in [0.717, 1.165) is 28.3 Å². The van der Waals surface area contributed by atoms with Crippen molar-refractivity contribution in [3.05, 3.63) is 94.5 Å². The third-order valence-electron chi connectivity index (χ3n) is 3.61. The van der Waals surface area contributed by atoms with Crippen LogP contribution in [0.2, 0.25) is 5.02 Å². The van der Waals surface area contributed by atoms with E-state index in [-0.39, 0.29) is 5.56 Å². The lowest BCUT2D eigenvalue weighted by Crippen LogP contribution is -2.13. The molecule has 0 unspecified atom stereocenters. The van der Waals surface area contributed by atoms with Gasteiger partial charge >= 0.3 is 0 Å². The molecule has 0 aliphatic heterocycles. The number of carbonyl (C=O) groups is 1. The second-order valence-electron chi connectivity index (χ2n) is 5.52. The van der Waals surface area contributed by atoms with E-state index in [2.05, 4.69) is 5.32 Å². The predicted octanol–water partition coefficient (Wildman–Crippen LogP) is 6.16. The fourth-order valence-corrected chi connectivity index (χ4v) is 3.23. The fourth-order valence-electron chi connectivity index (χ4n) is 2.25. The summed E-state index contributed by atoms with van der Waals surface area (Å²) >= 11 is 7.53. The highest BCUT2D eigenvalue weighted by Gasteiger charge is 2.12. The molecule has 0 aliphatic rings. The molecule has 0 aromatic heterocycles. The Morgan fingerprint density at radius 2 is 1.65 bits per heavy atom. The number of hydrogen-bond acceptors (Lipinski definition) is 2. The number of rotatable bonds is 5. The van der Waals surface area contributed by atoms with E-state index in [1.54, 1.807) is 23.9 Å². The molecule has 0 atom stereocenters. The quantitative estimate of drug-likeness (QED) is 0.529. The summed E-state index contributed by atoms with van der Waals surface area (Å²) in [4.78, 5) is 13.2. The number of carbonyl (C=O) groups excluding carboxylic acids is 1. The summed E-state index contributed by atoms with van der Waals surface area (Å²) in [5, 5.41) is 3.30. The summed E-state index contributed by atoms with van der Waals surface area (Å²) in [6.07, 6.45) is 0. The number of halogens is 3. The van der Waals surface area contributed by atoms with E-state index in [0.29, 0.717) is 16.8 Å². The van der Waals surface area contributed by atoms with E-state index in [4.69, 9.17) is 11.6 Å². The van der Waals surface area contributed by atoms with E-state index in [9.17, 15) is 13.6 Å². The van der Waals surface area contributed by atoms with Crippen LogP contribution < -0.4 is 5.32 Å². The molecular weight excluding hydrogens is 376 g/mol. The van der Waals surface area contributed by atoms with Gasteiger partial charge in [-0.25, -0.2) is 8.78 Å². The molecule has 3 aromatic rings. The zero-order chi connectivity index (χ0) is 18.5. The van der Waals surface area contributed by atoms with Gasteiger partial charge in [0.05, 0.1) is 5.56 Å². The molecule has 1 N–H and O–H groups in total. The summed E-state index contributed by atoms with van der Waals surface area (Å²) < 4.78 is 26.6. The second-order valence-corrected chi connectivity index (χ2v) is 7.00. The average molecular weight is 390 g/mol. The Morgan fingerprint density at radius 3 is 2.31 bits per heavy atom. The highest BCUT2D eigenvalue weighted by molar-refractivity contribution is 7.98. The van der Waals surface area contributed by atoms with Crippen LogP contribution in [0.25, 0.3) is 0 Å². The van der Waals surface area contributed by atoms with Crippen molar-refractivity contribution in [3.63, 3.8) is 0 Å². The van der Waals surface area contributed by atoms with Gasteiger partial charge in [-0.2, -0.15) is 0 Å². The standard InChI is InChI=1S/C20H14ClF2NOS/c21-14-3-8-17(9-4-14)26-12-13-1-6-16(7-2-13)24-20(25)18-10-5-15(22)11-19(18)23/h1-11H,12H2,(H,24,25). The van der Waals surface area contributed by atoms with E-state index < -0.39 is 17.5 Å². The van der Waals surface area contributed by atoms with Gasteiger partial charge in [0.25, 0.3) is 5.91 Å². The molecule has 26 heavy (non-hydrogen) atoms. The third-order valence-corrected chi connectivity index (χ3v) is 4.94. The zero-order valence-corrected chi connectivity index (χ0v) is 15.1. The van der Waals surface area contributed by atoms with Crippen molar-refractivity contribution >= 4 is 35.0 Å². The number of benzene rings is 3. The van der Waals surface area contributed by atoms with Gasteiger partial charge in [0.2, 0.25) is 0 Å². The summed E-state index contributed by atoms with van der Waals surface area (Å²) in [6.45, 7) is 0. The molecule has 1 amide bonds. The number of thioether (sulfide) groups is 1. The summed E-state index contributed by atoms with van der Waals surface area (Å²) in [5.74, 6) is -1.46. The molecule has 0 radical (unpaired) electrons. The third kappa shape index (κ3) is 4.84. The SMILES string of the molecule is O=C(Nc1ccc(CSc2ccc(Cl)cc2)cc1)c1ccc(F)cc1F. The number of amides is 1. The molecule has 0 spiro atoms. The summed E-state index contributed by atoms with van der Waals surface area (Å²) in [6, 6.07) is 17.7. The first-order chi connectivity index (χ1) is 12.5. The smallest absolute Gasteiger partial charge is 0.258 e. The van der Waals surface area contributed by atoms with Crippen LogP contribution in [0.1, 0.15) is 15.9 Å². The van der Waals surface area contributed by atoms with Crippen molar-refractivity contribution in [1.82, 2.24) is 0 Å². The van der Waals surface area contributed by atoms with Gasteiger partial charge in [-0.05, 0) is 54.1 Å². The van der Waals surface area contributed by atoms with Crippen LogP contribution in [-0.4, -0.2) is 5.91 Å². The summed E-state index contributed by atoms with van der Waals surface area (Å²) in [7, 11) is 0. The minimum absolute atomic E-state index is 0.200. The molecule has 0 saturated heterocycles. The van der Waals surface area contributed by atoms with Gasteiger partial charge in [0, 0.05) is 27.4 Å². The van der Waals surface area contributed by atoms with Crippen LogP contribution in [0.5, 0.6) is 0 Å². The Bertz CT molecular complexity index is 914. The lowest BCUT2D eigenvalue weighted by atomic mass is 10.1. The molecule has 3 rings (SSSR count). The van der Waals surface area contributed by atoms with Crippen molar-refractivity contribution in [2.45, 2.75) is 10.6 Å². The van der Waals surface area contributed by atoms with Gasteiger partial charge in [0.15, 0.2) is 0 Å². The second kappa shape index (κ2) is 8.34. The molecule has 2 nitrogen and oxygen atoms in total. The van der Waals surface area contributed by atoms with Crippen molar-refractivity contribution in [2.24, 2.45) is 0 Å². The van der Waals surface area contributed by atoms with Crippen molar-refractivity contribution in [1.29, 1.82) is 0 Å². The average Bonchev–Trinajstić information content (AvgIpc) is 2.62. The van der Waals surface area contributed by atoms with Crippen molar-refractivity contribution in [3.8, 4) is 0 Å². The first kappa shape index (κ1) is 18.4. The Hall–Kier alpha value is -2.37. The minimum atomic E-state index is -0.890. The van der Waals surface area contributed by atoms with Crippen molar-refractivity contribution in [2.75, 3.05) is 5.32 Å². The van der Waals surface area contributed by atoms with Crippen LogP contribution in [0, 0.1) is 11.6 Å². The van der Waals surface area contributed by atoms with Crippen LogP contribution in [0.4, 0.5) is 14.5 Å². The molecular formula is C20H14ClF2NOS. The monoisotopic (exact) mass is 389 g/mol. The van der Waals surface area contributed by atoms with E-state index in [1.165, 1.54) is 0 Å². The number of hydrogen-bond donors (Lipinski definition) is 1. The van der Waals surface area contributed by atoms with Gasteiger partial charge in [-0.1, -0.05) is 23.7 Å². The van der Waals surface area contributed by atoms with Crippen molar-refractivity contribution < 1.29 is 13.6 Å². The summed E-state index contributed by atoms with van der Waals surface area (Å²) in [5.41, 5.74) is 1.42. The highest BCUT2D eigenvalue weighted by atomic mass is 35.5. The lowest BCUT2D eigenvalue weighted by Gasteiger charge is -2.08. The Kier molecular flexibility index (Phi) is 5.91. The van der Waals surface area contributed by atoms with Gasteiger partial charge < -0.3 is 5.32 Å². The lowest BCUT2D eigenvalue weighted by molar-refractivity contribution is 0.102.